The number of aromatic hydroxyl groups is 1. The van der Waals surface area contributed by atoms with Crippen LogP contribution in [0, 0.1) is 5.92 Å². The first kappa shape index (κ1) is 15.6. The average Bonchev–Trinajstić information content (AvgIpc) is 2.37. The van der Waals surface area contributed by atoms with Crippen molar-refractivity contribution in [3.05, 3.63) is 41.5 Å². The van der Waals surface area contributed by atoms with E-state index in [-0.39, 0.29) is 0 Å². The van der Waals surface area contributed by atoms with E-state index in [9.17, 15) is 5.11 Å². The lowest BCUT2D eigenvalue weighted by molar-refractivity contribution is 0.470. The molecule has 1 N–H and O–H groups in total. The summed E-state index contributed by atoms with van der Waals surface area (Å²) in [4.78, 5) is 0. The van der Waals surface area contributed by atoms with E-state index in [4.69, 9.17) is 0 Å². The zero-order chi connectivity index (χ0) is 14.4. The van der Waals surface area contributed by atoms with Crippen LogP contribution in [0.1, 0.15) is 63.1 Å². The minimum Gasteiger partial charge on any atom is -0.507 e. The van der Waals surface area contributed by atoms with E-state index in [0.29, 0.717) is 17.6 Å². The van der Waals surface area contributed by atoms with Crippen LogP contribution in [0.15, 0.2) is 24.8 Å². The molecule has 1 unspecified atom stereocenters. The summed E-state index contributed by atoms with van der Waals surface area (Å²) >= 11 is 0. The highest BCUT2D eigenvalue weighted by atomic mass is 16.3. The Morgan fingerprint density at radius 1 is 1.26 bits per heavy atom. The van der Waals surface area contributed by atoms with E-state index < -0.39 is 0 Å². The molecule has 0 radical (unpaired) electrons. The molecule has 1 aromatic rings. The second kappa shape index (κ2) is 7.18. The molecule has 0 aromatic heterocycles. The van der Waals surface area contributed by atoms with Gasteiger partial charge in [-0.3, -0.25) is 0 Å². The first-order valence-corrected chi connectivity index (χ1v) is 7.16. The number of phenolic OH excluding ortho intramolecular Hbond substituents is 1. The van der Waals surface area contributed by atoms with Crippen LogP contribution in [0.4, 0.5) is 0 Å². The predicted molar refractivity (Wildman–Crippen MR) is 85.4 cm³/mol. The highest BCUT2D eigenvalue weighted by Crippen LogP contribution is 2.35. The maximum atomic E-state index is 9.97. The number of hydrogen-bond donors (Lipinski definition) is 1. The third-order valence-corrected chi connectivity index (χ3v) is 3.52. The monoisotopic (exact) mass is 258 g/mol. The van der Waals surface area contributed by atoms with Crippen molar-refractivity contribution in [1.82, 2.24) is 0 Å². The Balaban J connectivity index is 3.36. The number of rotatable bonds is 6. The molecule has 0 heterocycles. The lowest BCUT2D eigenvalue weighted by atomic mass is 9.84. The van der Waals surface area contributed by atoms with Gasteiger partial charge in [0.15, 0.2) is 0 Å². The number of hydrogen-bond acceptors (Lipinski definition) is 1. The van der Waals surface area contributed by atoms with Crippen LogP contribution in [0.5, 0.6) is 5.75 Å². The number of phenols is 1. The van der Waals surface area contributed by atoms with Crippen molar-refractivity contribution in [2.75, 3.05) is 0 Å². The average molecular weight is 258 g/mol. The fourth-order valence-electron chi connectivity index (χ4n) is 2.65. The Morgan fingerprint density at radius 3 is 2.42 bits per heavy atom. The van der Waals surface area contributed by atoms with Crippen molar-refractivity contribution in [3.8, 4) is 5.75 Å². The van der Waals surface area contributed by atoms with Crippen molar-refractivity contribution >= 4 is 12.2 Å². The molecule has 0 aliphatic heterocycles. The van der Waals surface area contributed by atoms with Crippen LogP contribution in [0.25, 0.3) is 12.2 Å². The van der Waals surface area contributed by atoms with E-state index >= 15 is 0 Å². The molecule has 1 rings (SSSR count). The standard InChI is InChI=1S/C18H26O/c1-6-9-17-15(8-3)18(19)11-10-16(17)14(7-2)12-13(4)5/h6,8-11,13-14,19H,3,7,12H2,1-2,4-5H3/b9-6-. The molecular formula is C18H26O. The molecular weight excluding hydrogens is 232 g/mol. The second-order valence-electron chi connectivity index (χ2n) is 5.44. The Labute approximate surface area is 117 Å². The minimum atomic E-state index is 0.311. The largest absolute Gasteiger partial charge is 0.507 e. The molecule has 0 bridgehead atoms. The molecule has 0 aliphatic rings. The van der Waals surface area contributed by atoms with E-state index in [2.05, 4.69) is 39.5 Å². The summed E-state index contributed by atoms with van der Waals surface area (Å²) in [5.41, 5.74) is 3.28. The van der Waals surface area contributed by atoms with Gasteiger partial charge in [0.2, 0.25) is 0 Å². The van der Waals surface area contributed by atoms with Crippen LogP contribution in [-0.4, -0.2) is 5.11 Å². The highest BCUT2D eigenvalue weighted by molar-refractivity contribution is 5.72. The van der Waals surface area contributed by atoms with Gasteiger partial charge in [0.1, 0.15) is 5.75 Å². The molecule has 0 aliphatic carbocycles. The maximum Gasteiger partial charge on any atom is 0.123 e. The minimum absolute atomic E-state index is 0.311. The van der Waals surface area contributed by atoms with E-state index in [1.807, 2.05) is 13.0 Å². The third-order valence-electron chi connectivity index (χ3n) is 3.52. The molecule has 19 heavy (non-hydrogen) atoms. The van der Waals surface area contributed by atoms with Gasteiger partial charge < -0.3 is 5.11 Å². The topological polar surface area (TPSA) is 20.2 Å². The lowest BCUT2D eigenvalue weighted by Crippen LogP contribution is -2.05. The van der Waals surface area contributed by atoms with E-state index in [1.165, 1.54) is 12.0 Å². The summed E-state index contributed by atoms with van der Waals surface area (Å²) in [7, 11) is 0. The molecule has 0 fully saturated rings. The number of allylic oxidation sites excluding steroid dienone is 1. The van der Waals surface area contributed by atoms with Gasteiger partial charge in [0, 0.05) is 5.56 Å². The fourth-order valence-corrected chi connectivity index (χ4v) is 2.65. The normalized spacial score (nSPS) is 13.1. The fraction of sp³-hybridized carbons (Fsp3) is 0.444. The predicted octanol–water partition coefficient (Wildman–Crippen LogP) is 5.61. The molecule has 0 amide bonds. The van der Waals surface area contributed by atoms with Crippen molar-refractivity contribution in [2.45, 2.75) is 46.5 Å². The molecule has 104 valence electrons. The molecule has 0 spiro atoms. The summed E-state index contributed by atoms with van der Waals surface area (Å²) in [6.07, 6.45) is 8.13. The van der Waals surface area contributed by atoms with Crippen LogP contribution < -0.4 is 0 Å². The van der Waals surface area contributed by atoms with Crippen LogP contribution in [-0.2, 0) is 0 Å². The summed E-state index contributed by atoms with van der Waals surface area (Å²) in [6, 6.07) is 3.86. The van der Waals surface area contributed by atoms with E-state index in [0.717, 1.165) is 17.5 Å². The first-order valence-electron chi connectivity index (χ1n) is 7.16. The highest BCUT2D eigenvalue weighted by Gasteiger charge is 2.17. The Bertz CT molecular complexity index is 455. The zero-order valence-electron chi connectivity index (χ0n) is 12.6. The second-order valence-corrected chi connectivity index (χ2v) is 5.44. The third kappa shape index (κ3) is 3.73. The molecule has 0 saturated carbocycles. The van der Waals surface area contributed by atoms with Gasteiger partial charge in [-0.25, -0.2) is 0 Å². The molecule has 1 atom stereocenters. The zero-order valence-corrected chi connectivity index (χ0v) is 12.6. The molecule has 1 aromatic carbocycles. The Kier molecular flexibility index (Phi) is 5.88. The van der Waals surface area contributed by atoms with Gasteiger partial charge in [0.05, 0.1) is 0 Å². The van der Waals surface area contributed by atoms with Gasteiger partial charge in [-0.2, -0.15) is 0 Å². The quantitative estimate of drug-likeness (QED) is 0.703. The van der Waals surface area contributed by atoms with Crippen LogP contribution in [0.2, 0.25) is 0 Å². The van der Waals surface area contributed by atoms with Crippen molar-refractivity contribution in [2.24, 2.45) is 5.92 Å². The summed E-state index contributed by atoms with van der Waals surface area (Å²) in [6.45, 7) is 12.6. The van der Waals surface area contributed by atoms with Gasteiger partial charge in [-0.05, 0) is 48.8 Å². The van der Waals surface area contributed by atoms with Crippen molar-refractivity contribution in [3.63, 3.8) is 0 Å². The van der Waals surface area contributed by atoms with Gasteiger partial charge in [-0.15, -0.1) is 0 Å². The lowest BCUT2D eigenvalue weighted by Gasteiger charge is -2.21. The summed E-state index contributed by atoms with van der Waals surface area (Å²) < 4.78 is 0. The maximum absolute atomic E-state index is 9.97. The van der Waals surface area contributed by atoms with Crippen LogP contribution in [0.3, 0.4) is 0 Å². The van der Waals surface area contributed by atoms with Gasteiger partial charge >= 0.3 is 0 Å². The van der Waals surface area contributed by atoms with E-state index in [1.54, 1.807) is 12.1 Å². The molecule has 1 heteroatoms. The summed E-state index contributed by atoms with van der Waals surface area (Å²) in [5.74, 6) is 1.51. The van der Waals surface area contributed by atoms with Crippen molar-refractivity contribution < 1.29 is 5.11 Å². The Morgan fingerprint density at radius 2 is 1.95 bits per heavy atom. The van der Waals surface area contributed by atoms with Gasteiger partial charge in [-0.1, -0.05) is 51.6 Å². The van der Waals surface area contributed by atoms with Gasteiger partial charge in [0.25, 0.3) is 0 Å². The molecule has 1 nitrogen and oxygen atoms in total. The van der Waals surface area contributed by atoms with Crippen molar-refractivity contribution in [1.29, 1.82) is 0 Å². The molecule has 0 saturated heterocycles. The Hall–Kier alpha value is -1.50. The number of benzene rings is 1. The smallest absolute Gasteiger partial charge is 0.123 e. The first-order chi connectivity index (χ1) is 9.04. The summed E-state index contributed by atoms with van der Waals surface area (Å²) in [5, 5.41) is 9.97. The van der Waals surface area contributed by atoms with Crippen LogP contribution >= 0.6 is 0 Å². The SMILES string of the molecule is C=Cc1c(O)ccc(C(CC)CC(C)C)c1/C=C\C.